The predicted octanol–water partition coefficient (Wildman–Crippen LogP) is 4.38. The molecule has 28 heavy (non-hydrogen) atoms. The number of pyridine rings is 2. The Morgan fingerprint density at radius 1 is 0.893 bits per heavy atom. The van der Waals surface area contributed by atoms with Crippen LogP contribution in [0.3, 0.4) is 0 Å². The maximum atomic E-state index is 5.76. The number of aromatic nitrogens is 4. The van der Waals surface area contributed by atoms with Gasteiger partial charge in [-0.3, -0.25) is 4.40 Å². The Hall–Kier alpha value is -3.57. The molecule has 0 bridgehead atoms. The average Bonchev–Trinajstić information content (AvgIpc) is 3.14. The Morgan fingerprint density at radius 3 is 2.43 bits per heavy atom. The van der Waals surface area contributed by atoms with Crippen LogP contribution in [0.15, 0.2) is 72.9 Å². The molecule has 5 heteroatoms. The van der Waals surface area contributed by atoms with Crippen LogP contribution in [-0.2, 0) is 6.54 Å². The lowest BCUT2D eigenvalue weighted by molar-refractivity contribution is 1.01. The topological polar surface area (TPSA) is 69.1 Å². The molecule has 0 radical (unpaired) electrons. The molecule has 0 atom stereocenters. The third-order valence-electron chi connectivity index (χ3n) is 5.09. The smallest absolute Gasteiger partial charge is 0.170 e. The molecule has 5 nitrogen and oxygen atoms in total. The Bertz CT molecular complexity index is 1290. The van der Waals surface area contributed by atoms with Crippen molar-refractivity contribution in [3.63, 3.8) is 0 Å². The van der Waals surface area contributed by atoms with E-state index in [1.54, 1.807) is 0 Å². The zero-order chi connectivity index (χ0) is 19.1. The summed E-state index contributed by atoms with van der Waals surface area (Å²) in [5, 5.41) is 9.58. The van der Waals surface area contributed by atoms with Gasteiger partial charge in [0.1, 0.15) is 5.82 Å². The van der Waals surface area contributed by atoms with E-state index >= 15 is 0 Å². The highest BCUT2D eigenvalue weighted by Crippen LogP contribution is 2.34. The number of aryl methyl sites for hydroxylation is 1. The Labute approximate surface area is 162 Å². The van der Waals surface area contributed by atoms with E-state index in [0.717, 1.165) is 50.3 Å². The number of fused-ring (bicyclic) bond motifs is 3. The second-order valence-electron chi connectivity index (χ2n) is 6.84. The molecule has 0 aliphatic heterocycles. The minimum Gasteiger partial charge on any atom is -0.326 e. The molecule has 0 amide bonds. The average molecular weight is 365 g/mol. The first-order valence-corrected chi connectivity index (χ1v) is 9.24. The molecule has 0 unspecified atom stereocenters. The van der Waals surface area contributed by atoms with Crippen molar-refractivity contribution in [1.82, 2.24) is 19.6 Å². The van der Waals surface area contributed by atoms with Gasteiger partial charge in [0.2, 0.25) is 0 Å². The molecule has 5 aromatic rings. The van der Waals surface area contributed by atoms with Crippen molar-refractivity contribution in [3.8, 4) is 22.4 Å². The maximum Gasteiger partial charge on any atom is 0.170 e. The zero-order valence-electron chi connectivity index (χ0n) is 15.5. The van der Waals surface area contributed by atoms with Gasteiger partial charge in [0.05, 0.1) is 11.2 Å². The number of nitrogens with zero attached hydrogens (tertiary/aromatic N) is 4. The van der Waals surface area contributed by atoms with Crippen molar-refractivity contribution >= 4 is 16.6 Å². The highest BCUT2D eigenvalue weighted by atomic mass is 15.2. The molecule has 2 aromatic carbocycles. The molecular formula is C23H19N5. The lowest BCUT2D eigenvalue weighted by Gasteiger charge is -2.12. The van der Waals surface area contributed by atoms with E-state index in [1.165, 1.54) is 0 Å². The minimum atomic E-state index is 0.529. The van der Waals surface area contributed by atoms with Crippen LogP contribution in [0, 0.1) is 6.92 Å². The predicted molar refractivity (Wildman–Crippen MR) is 112 cm³/mol. The summed E-state index contributed by atoms with van der Waals surface area (Å²) < 4.78 is 1.99. The molecule has 3 heterocycles. The summed E-state index contributed by atoms with van der Waals surface area (Å²) >= 11 is 0. The van der Waals surface area contributed by atoms with Crippen molar-refractivity contribution in [2.24, 2.45) is 5.73 Å². The third-order valence-corrected chi connectivity index (χ3v) is 5.09. The normalized spacial score (nSPS) is 11.4. The molecule has 0 fully saturated rings. The lowest BCUT2D eigenvalue weighted by Crippen LogP contribution is -1.97. The summed E-state index contributed by atoms with van der Waals surface area (Å²) in [5.74, 6) is 0.861. The number of nitrogens with two attached hydrogens (primary N) is 1. The van der Waals surface area contributed by atoms with Gasteiger partial charge in [-0.1, -0.05) is 54.6 Å². The fourth-order valence-electron chi connectivity index (χ4n) is 3.57. The fraction of sp³-hybridized carbons (Fsp3) is 0.0870. The summed E-state index contributed by atoms with van der Waals surface area (Å²) in [6, 6.07) is 22.8. The van der Waals surface area contributed by atoms with Crippen LogP contribution < -0.4 is 5.73 Å². The van der Waals surface area contributed by atoms with Crippen LogP contribution in [0.5, 0.6) is 0 Å². The van der Waals surface area contributed by atoms with Crippen molar-refractivity contribution < 1.29 is 0 Å². The summed E-state index contributed by atoms with van der Waals surface area (Å²) in [4.78, 5) is 5.02. The highest BCUT2D eigenvalue weighted by molar-refractivity contribution is 5.98. The number of hydrogen-bond donors (Lipinski definition) is 1. The summed E-state index contributed by atoms with van der Waals surface area (Å²) in [7, 11) is 0. The van der Waals surface area contributed by atoms with Gasteiger partial charge in [-0.2, -0.15) is 0 Å². The van der Waals surface area contributed by atoms with Gasteiger partial charge in [0.25, 0.3) is 0 Å². The van der Waals surface area contributed by atoms with E-state index in [1.807, 2.05) is 41.8 Å². The van der Waals surface area contributed by atoms with E-state index < -0.39 is 0 Å². The van der Waals surface area contributed by atoms with Gasteiger partial charge in [-0.05, 0) is 30.2 Å². The quantitative estimate of drug-likeness (QED) is 0.515. The first-order valence-electron chi connectivity index (χ1n) is 9.24. The van der Waals surface area contributed by atoms with E-state index in [9.17, 15) is 0 Å². The molecule has 3 aromatic heterocycles. The van der Waals surface area contributed by atoms with E-state index in [0.29, 0.717) is 6.54 Å². The number of rotatable bonds is 3. The summed E-state index contributed by atoms with van der Waals surface area (Å²) in [6.07, 6.45) is 1.98. The number of benzene rings is 2. The summed E-state index contributed by atoms with van der Waals surface area (Å²) in [6.45, 7) is 2.48. The van der Waals surface area contributed by atoms with Crippen molar-refractivity contribution in [2.45, 2.75) is 13.5 Å². The second-order valence-corrected chi connectivity index (χ2v) is 6.84. The van der Waals surface area contributed by atoms with Crippen LogP contribution in [0.2, 0.25) is 0 Å². The first-order chi connectivity index (χ1) is 13.7. The van der Waals surface area contributed by atoms with Crippen molar-refractivity contribution in [3.05, 3.63) is 84.3 Å². The molecule has 0 saturated carbocycles. The van der Waals surface area contributed by atoms with Gasteiger partial charge >= 0.3 is 0 Å². The van der Waals surface area contributed by atoms with E-state index in [4.69, 9.17) is 10.7 Å². The highest BCUT2D eigenvalue weighted by Gasteiger charge is 2.14. The Morgan fingerprint density at radius 2 is 1.68 bits per heavy atom. The standard InChI is InChI=1S/C23H19N5/c1-15-26-27-23-20-13-19(17-5-3-2-4-6-17)22(25-21(20)11-12-28(15)23)18-9-7-16(14-24)8-10-18/h2-13H,14,24H2,1H3. The molecule has 0 spiro atoms. The van der Waals surface area contributed by atoms with Crippen LogP contribution in [0.25, 0.3) is 38.9 Å². The van der Waals surface area contributed by atoms with E-state index in [2.05, 4.69) is 52.7 Å². The molecule has 0 saturated heterocycles. The van der Waals surface area contributed by atoms with Gasteiger partial charge in [0, 0.05) is 29.3 Å². The Balaban J connectivity index is 1.83. The SMILES string of the molecule is Cc1nnc2c3cc(-c4ccccc4)c(-c4ccc(CN)cc4)nc3ccn12. The van der Waals surface area contributed by atoms with Crippen LogP contribution in [0.1, 0.15) is 11.4 Å². The molecule has 136 valence electrons. The number of hydrogen-bond acceptors (Lipinski definition) is 4. The van der Waals surface area contributed by atoms with Crippen LogP contribution in [-0.4, -0.2) is 19.6 Å². The largest absolute Gasteiger partial charge is 0.326 e. The lowest BCUT2D eigenvalue weighted by atomic mass is 9.97. The second kappa shape index (κ2) is 6.55. The molecule has 0 aliphatic rings. The van der Waals surface area contributed by atoms with Crippen LogP contribution >= 0.6 is 0 Å². The minimum absolute atomic E-state index is 0.529. The monoisotopic (exact) mass is 365 g/mol. The van der Waals surface area contributed by atoms with Gasteiger partial charge in [-0.15, -0.1) is 10.2 Å². The Kier molecular flexibility index (Phi) is 3.88. The molecule has 0 aliphatic carbocycles. The van der Waals surface area contributed by atoms with E-state index in [-0.39, 0.29) is 0 Å². The van der Waals surface area contributed by atoms with Gasteiger partial charge in [0.15, 0.2) is 5.65 Å². The summed E-state index contributed by atoms with van der Waals surface area (Å²) in [5.41, 5.74) is 12.8. The first kappa shape index (κ1) is 16.6. The van der Waals surface area contributed by atoms with Gasteiger partial charge < -0.3 is 5.73 Å². The molecule has 5 rings (SSSR count). The van der Waals surface area contributed by atoms with Gasteiger partial charge in [-0.25, -0.2) is 4.98 Å². The zero-order valence-corrected chi connectivity index (χ0v) is 15.5. The molecule has 2 N–H and O–H groups in total. The van der Waals surface area contributed by atoms with Crippen molar-refractivity contribution in [2.75, 3.05) is 0 Å². The third kappa shape index (κ3) is 2.64. The maximum absolute atomic E-state index is 5.76. The van der Waals surface area contributed by atoms with Crippen LogP contribution in [0.4, 0.5) is 0 Å². The van der Waals surface area contributed by atoms with Crippen molar-refractivity contribution in [1.29, 1.82) is 0 Å². The fourth-order valence-corrected chi connectivity index (χ4v) is 3.57. The molecular weight excluding hydrogens is 346 g/mol.